The predicted octanol–water partition coefficient (Wildman–Crippen LogP) is 2.62. The summed E-state index contributed by atoms with van der Waals surface area (Å²) < 4.78 is 1.73. The van der Waals surface area contributed by atoms with E-state index in [9.17, 15) is 9.59 Å². The minimum absolute atomic E-state index is 0.139. The topological polar surface area (TPSA) is 114 Å². The molecule has 1 aromatic heterocycles. The number of aromatic nitrogens is 2. The molecule has 2 aromatic rings. The first-order chi connectivity index (χ1) is 12.3. The fraction of sp³-hybridized carbons (Fsp3) is 0.444. The number of nitrogens with zero attached hydrogens (tertiary/aromatic N) is 3. The first kappa shape index (κ1) is 19.7. The highest BCUT2D eigenvalue weighted by atomic mass is 35.5. The first-order valence-electron chi connectivity index (χ1n) is 8.48. The molecule has 0 unspecified atom stereocenters. The zero-order valence-electron chi connectivity index (χ0n) is 14.8. The molecule has 0 saturated heterocycles. The van der Waals surface area contributed by atoms with Gasteiger partial charge in [-0.2, -0.15) is 10.4 Å². The lowest BCUT2D eigenvalue weighted by Gasteiger charge is -2.18. The highest BCUT2D eigenvalue weighted by Gasteiger charge is 2.25. The van der Waals surface area contributed by atoms with Gasteiger partial charge in [-0.15, -0.1) is 0 Å². The molecule has 8 heteroatoms. The van der Waals surface area contributed by atoms with E-state index in [4.69, 9.17) is 22.6 Å². The minimum Gasteiger partial charge on any atom is -0.368 e. The van der Waals surface area contributed by atoms with E-state index in [0.29, 0.717) is 23.4 Å². The van der Waals surface area contributed by atoms with E-state index in [1.54, 1.807) is 36.7 Å². The largest absolute Gasteiger partial charge is 0.368 e. The van der Waals surface area contributed by atoms with Gasteiger partial charge >= 0.3 is 0 Å². The average Bonchev–Trinajstić information content (AvgIpc) is 2.93. The van der Waals surface area contributed by atoms with Gasteiger partial charge in [-0.25, -0.2) is 0 Å². The number of nitrogens with two attached hydrogens (primary N) is 1. The molecule has 0 bridgehead atoms. The predicted molar refractivity (Wildman–Crippen MR) is 99.5 cm³/mol. The number of nitrogens with one attached hydrogen (secondary N) is 1. The third-order valence-electron chi connectivity index (χ3n) is 4.10. The quantitative estimate of drug-likeness (QED) is 0.690. The lowest BCUT2D eigenvalue weighted by molar-refractivity contribution is -0.120. The smallest absolute Gasteiger partial charge is 0.273 e. The van der Waals surface area contributed by atoms with Crippen molar-refractivity contribution in [1.82, 2.24) is 15.1 Å². The summed E-state index contributed by atoms with van der Waals surface area (Å²) in [5, 5.41) is 16.8. The van der Waals surface area contributed by atoms with Crippen LogP contribution in [0.25, 0.3) is 10.9 Å². The molecule has 0 spiro atoms. The SMILES string of the molecule is CC(C)[C@H](NC(=O)c1nn(CCCCC#N)c2ccc(Cl)cc12)C(N)=O. The molecule has 2 rings (SSSR count). The van der Waals surface area contributed by atoms with Crippen LogP contribution < -0.4 is 11.1 Å². The molecule has 0 aliphatic rings. The van der Waals surface area contributed by atoms with Crippen LogP contribution in [0, 0.1) is 17.2 Å². The molecule has 1 heterocycles. The van der Waals surface area contributed by atoms with Crippen molar-refractivity contribution in [2.45, 2.75) is 45.7 Å². The lowest BCUT2D eigenvalue weighted by Crippen LogP contribution is -2.47. The van der Waals surface area contributed by atoms with E-state index >= 15 is 0 Å². The molecule has 1 atom stereocenters. The van der Waals surface area contributed by atoms with Gasteiger partial charge < -0.3 is 11.1 Å². The van der Waals surface area contributed by atoms with Gasteiger partial charge in [0, 0.05) is 23.4 Å². The van der Waals surface area contributed by atoms with E-state index in [0.717, 1.165) is 18.4 Å². The van der Waals surface area contributed by atoms with Crippen LogP contribution in [0.15, 0.2) is 18.2 Å². The van der Waals surface area contributed by atoms with Crippen LogP contribution in [0.3, 0.4) is 0 Å². The van der Waals surface area contributed by atoms with Crippen LogP contribution in [0.4, 0.5) is 0 Å². The van der Waals surface area contributed by atoms with Gasteiger partial charge in [0.25, 0.3) is 5.91 Å². The molecule has 2 amide bonds. The number of hydrogen-bond acceptors (Lipinski definition) is 4. The maximum absolute atomic E-state index is 12.7. The Labute approximate surface area is 157 Å². The molecule has 3 N–H and O–H groups in total. The number of carbonyl (C=O) groups is 2. The van der Waals surface area contributed by atoms with Crippen LogP contribution >= 0.6 is 11.6 Å². The molecule has 0 saturated carbocycles. The third kappa shape index (κ3) is 4.52. The van der Waals surface area contributed by atoms with Gasteiger partial charge in [0.2, 0.25) is 5.91 Å². The van der Waals surface area contributed by atoms with Crippen molar-refractivity contribution < 1.29 is 9.59 Å². The number of aryl methyl sites for hydroxylation is 1. The molecule has 0 aliphatic carbocycles. The van der Waals surface area contributed by atoms with E-state index in [2.05, 4.69) is 16.5 Å². The molecule has 7 nitrogen and oxygen atoms in total. The van der Waals surface area contributed by atoms with Crippen molar-refractivity contribution in [3.63, 3.8) is 0 Å². The summed E-state index contributed by atoms with van der Waals surface area (Å²) >= 11 is 6.08. The van der Waals surface area contributed by atoms with E-state index in [1.165, 1.54) is 0 Å². The summed E-state index contributed by atoms with van der Waals surface area (Å²) in [5.41, 5.74) is 6.35. The number of nitriles is 1. The number of primary amides is 1. The normalized spacial score (nSPS) is 12.1. The van der Waals surface area contributed by atoms with Crippen molar-refractivity contribution in [3.05, 3.63) is 28.9 Å². The summed E-state index contributed by atoms with van der Waals surface area (Å²) in [4.78, 5) is 24.3. The van der Waals surface area contributed by atoms with Gasteiger partial charge in [0.05, 0.1) is 11.6 Å². The molecule has 0 fully saturated rings. The van der Waals surface area contributed by atoms with Crippen molar-refractivity contribution in [2.75, 3.05) is 0 Å². The van der Waals surface area contributed by atoms with Crippen molar-refractivity contribution in [2.24, 2.45) is 11.7 Å². The molecule has 1 aromatic carbocycles. The second kappa shape index (κ2) is 8.68. The minimum atomic E-state index is -0.780. The Balaban J connectivity index is 2.33. The Morgan fingerprint density at radius 2 is 2.12 bits per heavy atom. The molecular weight excluding hydrogens is 354 g/mol. The average molecular weight is 376 g/mol. The number of amides is 2. The number of rotatable bonds is 8. The Morgan fingerprint density at radius 1 is 1.38 bits per heavy atom. The zero-order valence-corrected chi connectivity index (χ0v) is 15.6. The second-order valence-corrected chi connectivity index (χ2v) is 6.88. The number of benzene rings is 1. The van der Waals surface area contributed by atoms with Crippen LogP contribution in [-0.2, 0) is 11.3 Å². The Bertz CT molecular complexity index is 853. The van der Waals surface area contributed by atoms with E-state index in [1.807, 2.05) is 0 Å². The standard InChI is InChI=1S/C18H22ClN5O2/c1-11(2)15(17(21)25)22-18(26)16-13-10-12(19)6-7-14(13)24(23-16)9-5-3-4-8-20/h6-7,10-11,15H,3-5,9H2,1-2H3,(H2,21,25)(H,22,26)/t15-/m0/s1. The summed E-state index contributed by atoms with van der Waals surface area (Å²) in [6.45, 7) is 4.19. The summed E-state index contributed by atoms with van der Waals surface area (Å²) in [5.74, 6) is -1.20. The number of fused-ring (bicyclic) bond motifs is 1. The summed E-state index contributed by atoms with van der Waals surface area (Å²) in [6.07, 6.45) is 2.00. The van der Waals surface area contributed by atoms with Gasteiger partial charge in [-0.1, -0.05) is 25.4 Å². The van der Waals surface area contributed by atoms with Gasteiger partial charge in [0.15, 0.2) is 5.69 Å². The highest BCUT2D eigenvalue weighted by molar-refractivity contribution is 6.31. The fourth-order valence-electron chi connectivity index (χ4n) is 2.73. The second-order valence-electron chi connectivity index (χ2n) is 6.45. The number of hydrogen-bond donors (Lipinski definition) is 2. The van der Waals surface area contributed by atoms with Crippen molar-refractivity contribution >= 4 is 34.3 Å². The Hall–Kier alpha value is -2.59. The molecule has 26 heavy (non-hydrogen) atoms. The molecular formula is C18H22ClN5O2. The van der Waals surface area contributed by atoms with Gasteiger partial charge in [-0.3, -0.25) is 14.3 Å². The number of unbranched alkanes of at least 4 members (excludes halogenated alkanes) is 2. The van der Waals surface area contributed by atoms with Gasteiger partial charge in [-0.05, 0) is 37.0 Å². The fourth-order valence-corrected chi connectivity index (χ4v) is 2.90. The lowest BCUT2D eigenvalue weighted by atomic mass is 10.0. The Kier molecular flexibility index (Phi) is 6.58. The molecule has 138 valence electrons. The number of halogens is 1. The van der Waals surface area contributed by atoms with Crippen molar-refractivity contribution in [3.8, 4) is 6.07 Å². The summed E-state index contributed by atoms with van der Waals surface area (Å²) in [6, 6.07) is 6.55. The first-order valence-corrected chi connectivity index (χ1v) is 8.86. The van der Waals surface area contributed by atoms with Crippen LogP contribution in [0.2, 0.25) is 5.02 Å². The Morgan fingerprint density at radius 3 is 2.73 bits per heavy atom. The molecule has 0 aliphatic heterocycles. The van der Waals surface area contributed by atoms with Gasteiger partial charge in [0.1, 0.15) is 6.04 Å². The van der Waals surface area contributed by atoms with Crippen LogP contribution in [0.1, 0.15) is 43.6 Å². The van der Waals surface area contributed by atoms with E-state index < -0.39 is 17.9 Å². The maximum atomic E-state index is 12.7. The maximum Gasteiger partial charge on any atom is 0.273 e. The molecule has 0 radical (unpaired) electrons. The number of carbonyl (C=O) groups excluding carboxylic acids is 2. The van der Waals surface area contributed by atoms with E-state index in [-0.39, 0.29) is 11.6 Å². The zero-order chi connectivity index (χ0) is 19.3. The summed E-state index contributed by atoms with van der Waals surface area (Å²) in [7, 11) is 0. The monoisotopic (exact) mass is 375 g/mol. The highest BCUT2D eigenvalue weighted by Crippen LogP contribution is 2.23. The third-order valence-corrected chi connectivity index (χ3v) is 4.33. The van der Waals surface area contributed by atoms with Crippen LogP contribution in [-0.4, -0.2) is 27.6 Å². The van der Waals surface area contributed by atoms with Crippen molar-refractivity contribution in [1.29, 1.82) is 5.26 Å². The van der Waals surface area contributed by atoms with Crippen LogP contribution in [0.5, 0.6) is 0 Å².